The van der Waals surface area contributed by atoms with Crippen LogP contribution in [0.4, 0.5) is 0 Å². The Balaban J connectivity index is 1.36. The van der Waals surface area contributed by atoms with Crippen molar-refractivity contribution in [1.29, 1.82) is 0 Å². The number of pyridine rings is 1. The van der Waals surface area contributed by atoms with Gasteiger partial charge in [0.15, 0.2) is 0 Å². The van der Waals surface area contributed by atoms with Gasteiger partial charge in [-0.05, 0) is 37.7 Å². The van der Waals surface area contributed by atoms with Crippen LogP contribution in [0.15, 0.2) is 47.3 Å². The summed E-state index contributed by atoms with van der Waals surface area (Å²) in [5.74, 6) is 3.14. The summed E-state index contributed by atoms with van der Waals surface area (Å²) in [7, 11) is 2.12. The molecule has 6 heteroatoms. The molecule has 0 fully saturated rings. The third kappa shape index (κ3) is 4.03. The van der Waals surface area contributed by atoms with Crippen molar-refractivity contribution in [3.63, 3.8) is 0 Å². The average molecular weight is 351 g/mol. The molecule has 0 aromatic carbocycles. The smallest absolute Gasteiger partial charge is 0.123 e. The molecule has 0 aliphatic carbocycles. The third-order valence-electron chi connectivity index (χ3n) is 4.71. The van der Waals surface area contributed by atoms with Gasteiger partial charge in [-0.3, -0.25) is 14.8 Å². The van der Waals surface area contributed by atoms with E-state index in [0.717, 1.165) is 62.3 Å². The van der Waals surface area contributed by atoms with Crippen LogP contribution in [0.25, 0.3) is 0 Å². The van der Waals surface area contributed by atoms with Crippen LogP contribution in [0.1, 0.15) is 28.6 Å². The van der Waals surface area contributed by atoms with E-state index in [4.69, 9.17) is 9.40 Å². The molecule has 0 unspecified atom stereocenters. The number of aryl methyl sites for hydroxylation is 1. The zero-order valence-corrected chi connectivity index (χ0v) is 15.4. The lowest BCUT2D eigenvalue weighted by atomic mass is 10.2. The Morgan fingerprint density at radius 2 is 2.12 bits per heavy atom. The van der Waals surface area contributed by atoms with E-state index < -0.39 is 0 Å². The van der Waals surface area contributed by atoms with E-state index >= 15 is 0 Å². The molecule has 0 saturated heterocycles. The molecule has 0 bridgehead atoms. The van der Waals surface area contributed by atoms with Gasteiger partial charge in [0, 0.05) is 44.8 Å². The largest absolute Gasteiger partial charge is 0.465 e. The lowest BCUT2D eigenvalue weighted by Crippen LogP contribution is -2.33. The van der Waals surface area contributed by atoms with Crippen molar-refractivity contribution in [3.05, 3.63) is 71.5 Å². The quantitative estimate of drug-likeness (QED) is 0.683. The standard InChI is InChI=1S/C20H25N5O/c1-16-5-6-19(26-16)14-24-8-9-25-13-18(22-20(25)15-24)12-23(2)11-17-4-3-7-21-10-17/h3-7,10,13H,8-9,11-12,14-15H2,1-2H3. The molecule has 4 rings (SSSR count). The summed E-state index contributed by atoms with van der Waals surface area (Å²) in [4.78, 5) is 13.7. The summed E-state index contributed by atoms with van der Waals surface area (Å²) in [6.07, 6.45) is 5.93. The van der Waals surface area contributed by atoms with E-state index in [1.54, 1.807) is 0 Å². The molecule has 3 aromatic heterocycles. The zero-order chi connectivity index (χ0) is 17.9. The molecular weight excluding hydrogens is 326 g/mol. The van der Waals surface area contributed by atoms with Gasteiger partial charge in [0.2, 0.25) is 0 Å². The predicted molar refractivity (Wildman–Crippen MR) is 99.2 cm³/mol. The maximum Gasteiger partial charge on any atom is 0.123 e. The molecule has 0 spiro atoms. The molecule has 0 atom stereocenters. The van der Waals surface area contributed by atoms with Gasteiger partial charge in [-0.2, -0.15) is 0 Å². The Kier molecular flexibility index (Phi) is 4.86. The molecule has 0 saturated carbocycles. The fourth-order valence-corrected chi connectivity index (χ4v) is 3.50. The topological polar surface area (TPSA) is 50.3 Å². The molecule has 0 N–H and O–H groups in total. The summed E-state index contributed by atoms with van der Waals surface area (Å²) >= 11 is 0. The number of fused-ring (bicyclic) bond motifs is 1. The summed E-state index contributed by atoms with van der Waals surface area (Å²) < 4.78 is 8.00. The first-order valence-corrected chi connectivity index (χ1v) is 9.06. The molecule has 1 aliphatic heterocycles. The van der Waals surface area contributed by atoms with Gasteiger partial charge in [0.25, 0.3) is 0 Å². The molecule has 1 aliphatic rings. The maximum absolute atomic E-state index is 5.71. The van der Waals surface area contributed by atoms with Crippen molar-refractivity contribution in [2.75, 3.05) is 13.6 Å². The minimum Gasteiger partial charge on any atom is -0.465 e. The maximum atomic E-state index is 5.71. The normalized spacial score (nSPS) is 14.7. The van der Waals surface area contributed by atoms with E-state index in [2.05, 4.69) is 44.7 Å². The average Bonchev–Trinajstić information content (AvgIpc) is 3.20. The molecule has 26 heavy (non-hydrogen) atoms. The number of hydrogen-bond donors (Lipinski definition) is 0. The van der Waals surface area contributed by atoms with E-state index in [1.165, 1.54) is 5.56 Å². The van der Waals surface area contributed by atoms with Gasteiger partial charge in [-0.15, -0.1) is 0 Å². The summed E-state index contributed by atoms with van der Waals surface area (Å²) in [6.45, 7) is 7.42. The highest BCUT2D eigenvalue weighted by atomic mass is 16.3. The molecule has 6 nitrogen and oxygen atoms in total. The highest BCUT2D eigenvalue weighted by Gasteiger charge is 2.20. The number of aromatic nitrogens is 3. The Hall–Kier alpha value is -2.44. The Morgan fingerprint density at radius 1 is 1.19 bits per heavy atom. The SMILES string of the molecule is Cc1ccc(CN2CCn3cc(CN(C)Cc4cccnc4)nc3C2)o1. The number of imidazole rings is 1. The zero-order valence-electron chi connectivity index (χ0n) is 15.4. The van der Waals surface area contributed by atoms with Crippen molar-refractivity contribution < 1.29 is 4.42 Å². The molecule has 0 radical (unpaired) electrons. The lowest BCUT2D eigenvalue weighted by molar-refractivity contribution is 0.193. The summed E-state index contributed by atoms with van der Waals surface area (Å²) in [5, 5.41) is 0. The highest BCUT2D eigenvalue weighted by Crippen LogP contribution is 2.17. The summed E-state index contributed by atoms with van der Waals surface area (Å²) in [6, 6.07) is 8.18. The Morgan fingerprint density at radius 3 is 2.88 bits per heavy atom. The van der Waals surface area contributed by atoms with Gasteiger partial charge >= 0.3 is 0 Å². The van der Waals surface area contributed by atoms with Crippen LogP contribution in [0.2, 0.25) is 0 Å². The van der Waals surface area contributed by atoms with Crippen LogP contribution >= 0.6 is 0 Å². The number of hydrogen-bond acceptors (Lipinski definition) is 5. The monoisotopic (exact) mass is 351 g/mol. The molecule has 4 heterocycles. The van der Waals surface area contributed by atoms with Crippen LogP contribution in [-0.4, -0.2) is 37.9 Å². The Bertz CT molecular complexity index is 854. The van der Waals surface area contributed by atoms with Gasteiger partial charge in [0.1, 0.15) is 17.3 Å². The summed E-state index contributed by atoms with van der Waals surface area (Å²) in [5.41, 5.74) is 2.35. The van der Waals surface area contributed by atoms with Crippen molar-refractivity contribution in [2.24, 2.45) is 0 Å². The second kappa shape index (κ2) is 7.43. The second-order valence-electron chi connectivity index (χ2n) is 7.10. The molecule has 136 valence electrons. The van der Waals surface area contributed by atoms with Gasteiger partial charge in [-0.25, -0.2) is 4.98 Å². The van der Waals surface area contributed by atoms with E-state index in [-0.39, 0.29) is 0 Å². The fourth-order valence-electron chi connectivity index (χ4n) is 3.50. The van der Waals surface area contributed by atoms with Crippen molar-refractivity contribution in [3.8, 4) is 0 Å². The highest BCUT2D eigenvalue weighted by molar-refractivity contribution is 5.10. The third-order valence-corrected chi connectivity index (χ3v) is 4.71. The van der Waals surface area contributed by atoms with E-state index in [9.17, 15) is 0 Å². The second-order valence-corrected chi connectivity index (χ2v) is 7.10. The number of nitrogens with zero attached hydrogens (tertiary/aromatic N) is 5. The minimum absolute atomic E-state index is 0.840. The fraction of sp³-hybridized carbons (Fsp3) is 0.400. The predicted octanol–water partition coefficient (Wildman–Crippen LogP) is 2.83. The molecule has 3 aromatic rings. The van der Waals surface area contributed by atoms with E-state index in [1.807, 2.05) is 31.5 Å². The first kappa shape index (κ1) is 17.0. The Labute approximate surface area is 154 Å². The van der Waals surface area contributed by atoms with Crippen LogP contribution < -0.4 is 0 Å². The van der Waals surface area contributed by atoms with Gasteiger partial charge < -0.3 is 8.98 Å². The first-order valence-electron chi connectivity index (χ1n) is 9.06. The number of furan rings is 1. The molecule has 0 amide bonds. The molecular formula is C20H25N5O. The van der Waals surface area contributed by atoms with Crippen LogP contribution in [0.5, 0.6) is 0 Å². The van der Waals surface area contributed by atoms with Crippen molar-refractivity contribution in [2.45, 2.75) is 39.6 Å². The number of rotatable bonds is 6. The van der Waals surface area contributed by atoms with Crippen LogP contribution in [-0.2, 0) is 32.7 Å². The minimum atomic E-state index is 0.840. The lowest BCUT2D eigenvalue weighted by Gasteiger charge is -2.26. The van der Waals surface area contributed by atoms with E-state index in [0.29, 0.717) is 0 Å². The van der Waals surface area contributed by atoms with Gasteiger partial charge in [-0.1, -0.05) is 6.07 Å². The first-order chi connectivity index (χ1) is 12.7. The van der Waals surface area contributed by atoms with Gasteiger partial charge in [0.05, 0.1) is 18.8 Å². The van der Waals surface area contributed by atoms with Crippen molar-refractivity contribution >= 4 is 0 Å². The van der Waals surface area contributed by atoms with Crippen molar-refractivity contribution in [1.82, 2.24) is 24.3 Å². The van der Waals surface area contributed by atoms with Crippen LogP contribution in [0.3, 0.4) is 0 Å². The van der Waals surface area contributed by atoms with Crippen LogP contribution in [0, 0.1) is 6.92 Å².